The number of aromatic nitrogens is 2. The van der Waals surface area contributed by atoms with Gasteiger partial charge in [-0.15, -0.1) is 10.2 Å². The average molecular weight is 392 g/mol. The predicted octanol–water partition coefficient (Wildman–Crippen LogP) is 4.27. The van der Waals surface area contributed by atoms with Crippen LogP contribution in [0.15, 0.2) is 31.8 Å². The van der Waals surface area contributed by atoms with E-state index in [2.05, 4.69) is 29.4 Å². The minimum atomic E-state index is -0.423. The summed E-state index contributed by atoms with van der Waals surface area (Å²) in [6.07, 6.45) is 0.703. The van der Waals surface area contributed by atoms with Gasteiger partial charge in [-0.25, -0.2) is 4.79 Å². The first-order valence-electron chi connectivity index (χ1n) is 8.45. The fourth-order valence-electron chi connectivity index (χ4n) is 2.48. The molecule has 1 aromatic carbocycles. The molecule has 0 aliphatic heterocycles. The van der Waals surface area contributed by atoms with Crippen LogP contribution in [-0.4, -0.2) is 21.8 Å². The number of rotatable bonds is 7. The molecule has 6 nitrogen and oxygen atoms in total. The number of hydrogen-bond acceptors (Lipinski definition) is 8. The van der Waals surface area contributed by atoms with Crippen molar-refractivity contribution in [2.75, 3.05) is 11.9 Å². The molecule has 0 radical (unpaired) electrons. The van der Waals surface area contributed by atoms with E-state index >= 15 is 0 Å². The Kier molecular flexibility index (Phi) is 5.83. The van der Waals surface area contributed by atoms with Crippen LogP contribution in [-0.2, 0) is 12.2 Å². The van der Waals surface area contributed by atoms with Crippen LogP contribution in [0.1, 0.15) is 31.9 Å². The second kappa shape index (κ2) is 8.09. The highest BCUT2D eigenvalue weighted by Gasteiger charge is 2.12. The topological polar surface area (TPSA) is 88.3 Å². The van der Waals surface area contributed by atoms with Gasteiger partial charge in [-0.3, -0.25) is 0 Å². The van der Waals surface area contributed by atoms with Gasteiger partial charge in [0, 0.05) is 29.8 Å². The second-order valence-corrected chi connectivity index (χ2v) is 8.56. The Bertz CT molecular complexity index is 966. The summed E-state index contributed by atoms with van der Waals surface area (Å²) >= 11 is 3.03. The van der Waals surface area contributed by atoms with Crippen molar-refractivity contribution in [1.82, 2.24) is 10.2 Å². The van der Waals surface area contributed by atoms with Crippen LogP contribution in [0.3, 0.4) is 0 Å². The van der Waals surface area contributed by atoms with Crippen molar-refractivity contribution in [3.63, 3.8) is 0 Å². The van der Waals surface area contributed by atoms with Crippen LogP contribution in [0.25, 0.3) is 11.0 Å². The van der Waals surface area contributed by atoms with Crippen molar-refractivity contribution >= 4 is 39.2 Å². The Morgan fingerprint density at radius 1 is 1.27 bits per heavy atom. The van der Waals surface area contributed by atoms with Gasteiger partial charge in [0.2, 0.25) is 5.13 Å². The molecule has 3 aromatic rings. The third-order valence-corrected chi connectivity index (χ3v) is 5.89. The lowest BCUT2D eigenvalue weighted by Gasteiger charge is -2.08. The van der Waals surface area contributed by atoms with Gasteiger partial charge in [-0.2, -0.15) is 0 Å². The number of anilines is 1. The third kappa shape index (κ3) is 4.37. The maximum atomic E-state index is 11.8. The molecule has 0 fully saturated rings. The molecule has 26 heavy (non-hydrogen) atoms. The molecule has 0 saturated heterocycles. The van der Waals surface area contributed by atoms with Crippen LogP contribution in [0.5, 0.6) is 5.75 Å². The summed E-state index contributed by atoms with van der Waals surface area (Å²) in [5, 5.41) is 23.2. The van der Waals surface area contributed by atoms with Gasteiger partial charge in [0.15, 0.2) is 4.34 Å². The fourth-order valence-corrected chi connectivity index (χ4v) is 4.23. The number of aryl methyl sites for hydroxylation is 1. The number of phenols is 1. The first kappa shape index (κ1) is 18.7. The Hall–Kier alpha value is -2.06. The molecule has 3 rings (SSSR count). The number of nitrogens with one attached hydrogen (secondary N) is 1. The standard InChI is InChI=1S/C18H21N3O3S2/c1-4-11-5-13-12(6-16(23)24-15(13)7-14(11)22)9-25-18-21-20-17(26-18)19-8-10(2)3/h5-7,10,22H,4,8-9H2,1-3H3,(H,19,20). The molecule has 0 aliphatic rings. The van der Waals surface area contributed by atoms with Crippen molar-refractivity contribution < 1.29 is 9.52 Å². The first-order valence-corrected chi connectivity index (χ1v) is 10.2. The number of fused-ring (bicyclic) bond motifs is 1. The lowest BCUT2D eigenvalue weighted by molar-refractivity contribution is 0.466. The number of aromatic hydroxyl groups is 1. The largest absolute Gasteiger partial charge is 0.508 e. The molecule has 138 valence electrons. The van der Waals surface area contributed by atoms with Crippen LogP contribution in [0.4, 0.5) is 5.13 Å². The molecule has 2 aromatic heterocycles. The van der Waals surface area contributed by atoms with Gasteiger partial charge in [0.25, 0.3) is 0 Å². The molecule has 0 atom stereocenters. The zero-order valence-corrected chi connectivity index (χ0v) is 16.5. The summed E-state index contributed by atoms with van der Waals surface area (Å²) < 4.78 is 6.07. The monoisotopic (exact) mass is 391 g/mol. The zero-order chi connectivity index (χ0) is 18.7. The smallest absolute Gasteiger partial charge is 0.336 e. The van der Waals surface area contributed by atoms with Crippen LogP contribution >= 0.6 is 23.1 Å². The first-order chi connectivity index (χ1) is 12.5. The van der Waals surface area contributed by atoms with E-state index in [0.717, 1.165) is 32.5 Å². The van der Waals surface area contributed by atoms with Gasteiger partial charge in [-0.1, -0.05) is 43.9 Å². The number of hydrogen-bond donors (Lipinski definition) is 2. The van der Waals surface area contributed by atoms with Crippen molar-refractivity contribution in [3.8, 4) is 5.75 Å². The van der Waals surface area contributed by atoms with E-state index in [4.69, 9.17) is 4.42 Å². The van der Waals surface area contributed by atoms with Crippen molar-refractivity contribution in [1.29, 1.82) is 0 Å². The summed E-state index contributed by atoms with van der Waals surface area (Å²) in [6.45, 7) is 7.10. The third-order valence-electron chi connectivity index (χ3n) is 3.83. The Balaban J connectivity index is 1.81. The van der Waals surface area contributed by atoms with Gasteiger partial charge >= 0.3 is 5.63 Å². The molecule has 0 amide bonds. The van der Waals surface area contributed by atoms with E-state index in [1.807, 2.05) is 13.0 Å². The van der Waals surface area contributed by atoms with Crippen molar-refractivity contribution in [2.24, 2.45) is 5.92 Å². The molecular weight excluding hydrogens is 370 g/mol. The second-order valence-electron chi connectivity index (χ2n) is 6.36. The molecule has 2 heterocycles. The maximum Gasteiger partial charge on any atom is 0.336 e. The van der Waals surface area contributed by atoms with E-state index in [-0.39, 0.29) is 5.75 Å². The summed E-state index contributed by atoms with van der Waals surface area (Å²) in [4.78, 5) is 11.8. The number of phenolic OH excluding ortho intramolecular Hbond substituents is 1. The van der Waals surface area contributed by atoms with Crippen molar-refractivity contribution in [3.05, 3.63) is 39.7 Å². The molecule has 8 heteroatoms. The van der Waals surface area contributed by atoms with Crippen LogP contribution < -0.4 is 10.9 Å². The Labute approximate surface area is 159 Å². The molecule has 0 bridgehead atoms. The minimum Gasteiger partial charge on any atom is -0.508 e. The van der Waals surface area contributed by atoms with E-state index < -0.39 is 5.63 Å². The quantitative estimate of drug-likeness (QED) is 0.459. The number of benzene rings is 1. The molecule has 0 saturated carbocycles. The van der Waals surface area contributed by atoms with Crippen molar-refractivity contribution in [2.45, 2.75) is 37.3 Å². The highest BCUT2D eigenvalue weighted by molar-refractivity contribution is 8.00. The van der Waals surface area contributed by atoms with E-state index in [1.54, 1.807) is 0 Å². The van der Waals surface area contributed by atoms with E-state index in [1.165, 1.54) is 35.2 Å². The Morgan fingerprint density at radius 2 is 2.08 bits per heavy atom. The molecule has 0 spiro atoms. The summed E-state index contributed by atoms with van der Waals surface area (Å²) in [5.41, 5.74) is 1.67. The maximum absolute atomic E-state index is 11.8. The van der Waals surface area contributed by atoms with Crippen LogP contribution in [0, 0.1) is 5.92 Å². The fraction of sp³-hybridized carbons (Fsp3) is 0.389. The lowest BCUT2D eigenvalue weighted by Crippen LogP contribution is -2.07. The average Bonchev–Trinajstić information content (AvgIpc) is 3.05. The SMILES string of the molecule is CCc1cc2c(CSc3nnc(NCC(C)C)s3)cc(=O)oc2cc1O. The molecule has 0 unspecified atom stereocenters. The summed E-state index contributed by atoms with van der Waals surface area (Å²) in [6, 6.07) is 4.91. The lowest BCUT2D eigenvalue weighted by atomic mass is 10.1. The summed E-state index contributed by atoms with van der Waals surface area (Å²) in [5.74, 6) is 1.27. The summed E-state index contributed by atoms with van der Waals surface area (Å²) in [7, 11) is 0. The predicted molar refractivity (Wildman–Crippen MR) is 106 cm³/mol. The normalized spacial score (nSPS) is 11.4. The van der Waals surface area contributed by atoms with Gasteiger partial charge in [0.05, 0.1) is 0 Å². The Morgan fingerprint density at radius 3 is 2.81 bits per heavy atom. The molecule has 2 N–H and O–H groups in total. The number of nitrogens with zero attached hydrogens (tertiary/aromatic N) is 2. The van der Waals surface area contributed by atoms with Crippen LogP contribution in [0.2, 0.25) is 0 Å². The minimum absolute atomic E-state index is 0.151. The highest BCUT2D eigenvalue weighted by atomic mass is 32.2. The van der Waals surface area contributed by atoms with Gasteiger partial charge in [-0.05, 0) is 29.5 Å². The van der Waals surface area contributed by atoms with E-state index in [0.29, 0.717) is 23.7 Å². The zero-order valence-electron chi connectivity index (χ0n) is 14.9. The molecular formula is C18H21N3O3S2. The van der Waals surface area contributed by atoms with E-state index in [9.17, 15) is 9.90 Å². The molecule has 0 aliphatic carbocycles. The highest BCUT2D eigenvalue weighted by Crippen LogP contribution is 2.32. The van der Waals surface area contributed by atoms with Gasteiger partial charge < -0.3 is 14.8 Å². The number of thioether (sulfide) groups is 1. The van der Waals surface area contributed by atoms with Gasteiger partial charge in [0.1, 0.15) is 11.3 Å².